The molecule has 0 aromatic carbocycles. The van der Waals surface area contributed by atoms with Gasteiger partial charge in [-0.25, -0.2) is 0 Å². The Morgan fingerprint density at radius 3 is 2.91 bits per heavy atom. The van der Waals surface area contributed by atoms with Gasteiger partial charge in [-0.15, -0.1) is 23.1 Å². The molecule has 22 heavy (non-hydrogen) atoms. The lowest BCUT2D eigenvalue weighted by molar-refractivity contribution is -0.384. The SMILES string of the molecule is O=C1CCCC2=C1C(c1cc([N+](=O)[O-])cs1)C1=C(CCS1)N2. The van der Waals surface area contributed by atoms with Crippen LogP contribution < -0.4 is 5.32 Å². The summed E-state index contributed by atoms with van der Waals surface area (Å²) in [7, 11) is 0. The number of thioether (sulfide) groups is 1. The molecule has 1 N–H and O–H groups in total. The number of carbonyl (C=O) groups is 1. The van der Waals surface area contributed by atoms with Crippen LogP contribution in [0.15, 0.2) is 33.3 Å². The van der Waals surface area contributed by atoms with Crippen LogP contribution in [-0.2, 0) is 4.79 Å². The number of rotatable bonds is 2. The van der Waals surface area contributed by atoms with Crippen molar-refractivity contribution in [2.75, 3.05) is 5.75 Å². The molecular weight excluding hydrogens is 320 g/mol. The van der Waals surface area contributed by atoms with Crippen LogP contribution in [0.5, 0.6) is 0 Å². The van der Waals surface area contributed by atoms with Crippen LogP contribution in [0.4, 0.5) is 5.69 Å². The van der Waals surface area contributed by atoms with Gasteiger partial charge < -0.3 is 5.32 Å². The number of nitro groups is 1. The van der Waals surface area contributed by atoms with E-state index in [2.05, 4.69) is 5.32 Å². The molecule has 3 heterocycles. The number of dihydropyridines is 1. The van der Waals surface area contributed by atoms with E-state index >= 15 is 0 Å². The van der Waals surface area contributed by atoms with Gasteiger partial charge in [0.15, 0.2) is 5.78 Å². The summed E-state index contributed by atoms with van der Waals surface area (Å²) in [5.41, 5.74) is 3.21. The molecule has 0 spiro atoms. The number of nitrogens with one attached hydrogen (secondary N) is 1. The van der Waals surface area contributed by atoms with E-state index in [-0.39, 0.29) is 22.3 Å². The van der Waals surface area contributed by atoms with E-state index in [1.54, 1.807) is 23.2 Å². The van der Waals surface area contributed by atoms with Gasteiger partial charge in [0, 0.05) is 45.0 Å². The molecule has 0 fully saturated rings. The Morgan fingerprint density at radius 1 is 1.27 bits per heavy atom. The predicted molar refractivity (Wildman–Crippen MR) is 86.8 cm³/mol. The fraction of sp³-hybridized carbons (Fsp3) is 0.400. The summed E-state index contributed by atoms with van der Waals surface area (Å²) in [6.07, 6.45) is 3.34. The van der Waals surface area contributed by atoms with Crippen molar-refractivity contribution in [1.29, 1.82) is 0 Å². The van der Waals surface area contributed by atoms with Gasteiger partial charge in [-0.05, 0) is 19.3 Å². The average Bonchev–Trinajstić information content (AvgIpc) is 3.14. The minimum Gasteiger partial charge on any atom is -0.361 e. The molecule has 0 radical (unpaired) electrons. The lowest BCUT2D eigenvalue weighted by Crippen LogP contribution is -2.30. The lowest BCUT2D eigenvalue weighted by Gasteiger charge is -2.32. The van der Waals surface area contributed by atoms with E-state index in [1.165, 1.54) is 21.9 Å². The van der Waals surface area contributed by atoms with Crippen molar-refractivity contribution >= 4 is 34.6 Å². The zero-order valence-electron chi connectivity index (χ0n) is 11.8. The first-order valence-corrected chi connectivity index (χ1v) is 9.13. The Hall–Kier alpha value is -1.60. The number of allylic oxidation sites excluding steroid dienone is 4. The normalized spacial score (nSPS) is 24.2. The average molecular weight is 334 g/mol. The molecule has 2 aliphatic heterocycles. The van der Waals surface area contributed by atoms with Gasteiger partial charge in [-0.2, -0.15) is 0 Å². The second-order valence-corrected chi connectivity index (χ2v) is 7.71. The van der Waals surface area contributed by atoms with Gasteiger partial charge in [0.05, 0.1) is 16.2 Å². The van der Waals surface area contributed by atoms with Crippen LogP contribution >= 0.6 is 23.1 Å². The van der Waals surface area contributed by atoms with E-state index in [0.717, 1.165) is 41.2 Å². The summed E-state index contributed by atoms with van der Waals surface area (Å²) in [6.45, 7) is 0. The molecule has 1 aromatic heterocycles. The van der Waals surface area contributed by atoms with Gasteiger partial charge in [0.2, 0.25) is 0 Å². The van der Waals surface area contributed by atoms with Crippen LogP contribution in [0.25, 0.3) is 0 Å². The zero-order valence-corrected chi connectivity index (χ0v) is 13.4. The molecule has 0 amide bonds. The molecule has 0 bridgehead atoms. The van der Waals surface area contributed by atoms with Gasteiger partial charge >= 0.3 is 0 Å². The van der Waals surface area contributed by atoms with Gasteiger partial charge in [0.25, 0.3) is 5.69 Å². The molecule has 0 saturated carbocycles. The number of ketones is 1. The number of nitrogens with zero attached hydrogens (tertiary/aromatic N) is 1. The largest absolute Gasteiger partial charge is 0.361 e. The molecule has 1 atom stereocenters. The number of hydrogen-bond acceptors (Lipinski definition) is 6. The maximum atomic E-state index is 12.5. The molecule has 4 rings (SSSR count). The van der Waals surface area contributed by atoms with Crippen molar-refractivity contribution in [2.24, 2.45) is 0 Å². The highest BCUT2D eigenvalue weighted by molar-refractivity contribution is 8.03. The van der Waals surface area contributed by atoms with Crippen molar-refractivity contribution < 1.29 is 9.72 Å². The number of thiophene rings is 1. The Bertz CT molecular complexity index is 748. The first-order chi connectivity index (χ1) is 10.6. The minimum atomic E-state index is -0.365. The Labute approximate surface area is 135 Å². The number of carbonyl (C=O) groups excluding carboxylic acids is 1. The zero-order chi connectivity index (χ0) is 15.3. The van der Waals surface area contributed by atoms with Gasteiger partial charge in [-0.3, -0.25) is 14.9 Å². The highest BCUT2D eigenvalue weighted by Gasteiger charge is 2.39. The van der Waals surface area contributed by atoms with Crippen molar-refractivity contribution in [3.63, 3.8) is 0 Å². The van der Waals surface area contributed by atoms with E-state index in [4.69, 9.17) is 0 Å². The second kappa shape index (κ2) is 5.24. The standard InChI is InChI=1S/C15H14N2O3S2/c18-11-3-1-2-9-13(11)14(15-10(16-9)4-5-21-15)12-6-8(7-22-12)17(19)20/h6-7,14,16H,1-5H2. The third-order valence-electron chi connectivity index (χ3n) is 4.32. The van der Waals surface area contributed by atoms with E-state index in [1.807, 2.05) is 0 Å². The second-order valence-electron chi connectivity index (χ2n) is 5.63. The highest BCUT2D eigenvalue weighted by Crippen LogP contribution is 2.51. The summed E-state index contributed by atoms with van der Waals surface area (Å²) in [5.74, 6) is 1.11. The van der Waals surface area contributed by atoms with Crippen LogP contribution in [0.3, 0.4) is 0 Å². The first kappa shape index (κ1) is 14.0. The third-order valence-corrected chi connectivity index (χ3v) is 6.50. The fourth-order valence-electron chi connectivity index (χ4n) is 3.36. The van der Waals surface area contributed by atoms with Crippen molar-refractivity contribution in [3.8, 4) is 0 Å². The van der Waals surface area contributed by atoms with Crippen LogP contribution in [0.1, 0.15) is 36.5 Å². The molecule has 5 nitrogen and oxygen atoms in total. The molecule has 7 heteroatoms. The fourth-order valence-corrected chi connectivity index (χ4v) is 5.67. The molecule has 0 saturated heterocycles. The quantitative estimate of drug-likeness (QED) is 0.659. The van der Waals surface area contributed by atoms with Crippen LogP contribution in [-0.4, -0.2) is 16.5 Å². The van der Waals surface area contributed by atoms with Crippen molar-refractivity contribution in [3.05, 3.63) is 48.3 Å². The summed E-state index contributed by atoms with van der Waals surface area (Å²) in [5, 5.41) is 16.0. The molecule has 114 valence electrons. The van der Waals surface area contributed by atoms with Gasteiger partial charge in [0.1, 0.15) is 0 Å². The smallest absolute Gasteiger partial charge is 0.280 e. The summed E-state index contributed by atoms with van der Waals surface area (Å²) in [4.78, 5) is 25.2. The summed E-state index contributed by atoms with van der Waals surface area (Å²) < 4.78 is 0. The van der Waals surface area contributed by atoms with E-state index in [0.29, 0.717) is 6.42 Å². The summed E-state index contributed by atoms with van der Waals surface area (Å²) in [6, 6.07) is 1.64. The Morgan fingerprint density at radius 2 is 2.14 bits per heavy atom. The topological polar surface area (TPSA) is 72.2 Å². The number of hydrogen-bond donors (Lipinski definition) is 1. The highest BCUT2D eigenvalue weighted by atomic mass is 32.2. The number of Topliss-reactive ketones (excluding diaryl/α,β-unsaturated/α-hetero) is 1. The molecule has 1 aliphatic carbocycles. The molecular formula is C15H14N2O3S2. The van der Waals surface area contributed by atoms with E-state index in [9.17, 15) is 14.9 Å². The van der Waals surface area contributed by atoms with Crippen LogP contribution in [0.2, 0.25) is 0 Å². The summed E-state index contributed by atoms with van der Waals surface area (Å²) >= 11 is 3.16. The van der Waals surface area contributed by atoms with E-state index < -0.39 is 0 Å². The lowest BCUT2D eigenvalue weighted by atomic mass is 9.82. The van der Waals surface area contributed by atoms with Crippen molar-refractivity contribution in [1.82, 2.24) is 5.32 Å². The van der Waals surface area contributed by atoms with Gasteiger partial charge in [-0.1, -0.05) is 0 Å². The first-order valence-electron chi connectivity index (χ1n) is 7.27. The molecule has 1 aromatic rings. The molecule has 3 aliphatic rings. The predicted octanol–water partition coefficient (Wildman–Crippen LogP) is 3.70. The Balaban J connectivity index is 1.84. The van der Waals surface area contributed by atoms with Crippen molar-refractivity contribution in [2.45, 2.75) is 31.6 Å². The maximum absolute atomic E-state index is 12.5. The minimum absolute atomic E-state index is 0.0924. The third kappa shape index (κ3) is 2.11. The van der Waals surface area contributed by atoms with Crippen LogP contribution in [0, 0.1) is 10.1 Å². The maximum Gasteiger partial charge on any atom is 0.280 e. The molecule has 1 unspecified atom stereocenters. The monoisotopic (exact) mass is 334 g/mol. The Kier molecular flexibility index (Phi) is 3.34.